The van der Waals surface area contributed by atoms with E-state index >= 15 is 0 Å². The van der Waals surface area contributed by atoms with Crippen LogP contribution in [0.3, 0.4) is 0 Å². The van der Waals surface area contributed by atoms with Crippen LogP contribution >= 0.6 is 12.2 Å². The molecule has 5 heteroatoms. The lowest BCUT2D eigenvalue weighted by Crippen LogP contribution is -1.99. The standard InChI is InChI=1S/C4H5N3OS/c1-3-5-2-7(8)4(9)6-3/h2,8H,1H3. The smallest absolute Gasteiger partial charge is 0.236 e. The zero-order valence-electron chi connectivity index (χ0n) is 4.77. The molecule has 9 heavy (non-hydrogen) atoms. The van der Waals surface area contributed by atoms with Crippen LogP contribution in [0.5, 0.6) is 0 Å². The minimum Gasteiger partial charge on any atom is -0.425 e. The summed E-state index contributed by atoms with van der Waals surface area (Å²) in [4.78, 5) is 7.36. The van der Waals surface area contributed by atoms with Crippen LogP contribution < -0.4 is 0 Å². The molecule has 0 bridgehead atoms. The summed E-state index contributed by atoms with van der Waals surface area (Å²) in [7, 11) is 0. The third-order valence-corrected chi connectivity index (χ3v) is 1.09. The third kappa shape index (κ3) is 1.23. The van der Waals surface area contributed by atoms with Crippen LogP contribution in [0.15, 0.2) is 6.33 Å². The van der Waals surface area contributed by atoms with Crippen molar-refractivity contribution in [3.63, 3.8) is 0 Å². The van der Waals surface area contributed by atoms with Crippen LogP contribution in [0, 0.1) is 11.7 Å². The van der Waals surface area contributed by atoms with Crippen molar-refractivity contribution >= 4 is 12.2 Å². The molecular weight excluding hydrogens is 138 g/mol. The minimum absolute atomic E-state index is 0.127. The molecule has 48 valence electrons. The van der Waals surface area contributed by atoms with Crippen LogP contribution in [-0.4, -0.2) is 19.9 Å². The molecule has 0 saturated carbocycles. The van der Waals surface area contributed by atoms with Crippen molar-refractivity contribution in [3.8, 4) is 0 Å². The van der Waals surface area contributed by atoms with Crippen molar-refractivity contribution in [2.45, 2.75) is 6.92 Å². The second kappa shape index (κ2) is 2.10. The normalized spacial score (nSPS) is 9.44. The van der Waals surface area contributed by atoms with E-state index in [4.69, 9.17) is 5.21 Å². The van der Waals surface area contributed by atoms with Crippen molar-refractivity contribution in [2.24, 2.45) is 0 Å². The lowest BCUT2D eigenvalue weighted by atomic mass is 10.7. The number of nitrogens with zero attached hydrogens (tertiary/aromatic N) is 3. The second-order valence-electron chi connectivity index (χ2n) is 1.53. The van der Waals surface area contributed by atoms with Gasteiger partial charge in [-0.05, 0) is 19.1 Å². The number of hydrogen-bond acceptors (Lipinski definition) is 4. The van der Waals surface area contributed by atoms with E-state index in [1.54, 1.807) is 6.92 Å². The summed E-state index contributed by atoms with van der Waals surface area (Å²) in [6.07, 6.45) is 1.21. The molecule has 1 aromatic rings. The molecule has 0 aromatic carbocycles. The van der Waals surface area contributed by atoms with Crippen molar-refractivity contribution in [2.75, 3.05) is 0 Å². The summed E-state index contributed by atoms with van der Waals surface area (Å²) in [5, 5.41) is 8.73. The Labute approximate surface area is 56.8 Å². The van der Waals surface area contributed by atoms with Crippen LogP contribution in [0.4, 0.5) is 0 Å². The molecule has 1 aromatic heterocycles. The zero-order chi connectivity index (χ0) is 6.85. The number of hydrogen-bond donors (Lipinski definition) is 1. The fraction of sp³-hybridized carbons (Fsp3) is 0.250. The molecule has 0 radical (unpaired) electrons. The van der Waals surface area contributed by atoms with E-state index in [9.17, 15) is 0 Å². The Hall–Kier alpha value is -0.970. The molecule has 0 atom stereocenters. The highest BCUT2D eigenvalue weighted by Crippen LogP contribution is 1.84. The van der Waals surface area contributed by atoms with Gasteiger partial charge in [-0.1, -0.05) is 0 Å². The van der Waals surface area contributed by atoms with Gasteiger partial charge in [-0.2, -0.15) is 0 Å². The first kappa shape index (κ1) is 6.15. The van der Waals surface area contributed by atoms with Gasteiger partial charge in [0, 0.05) is 0 Å². The minimum atomic E-state index is 0.127. The topological polar surface area (TPSA) is 50.9 Å². The summed E-state index contributed by atoms with van der Waals surface area (Å²) < 4.78 is 0.824. The molecule has 0 amide bonds. The maximum Gasteiger partial charge on any atom is 0.236 e. The van der Waals surface area contributed by atoms with Crippen LogP contribution in [0.1, 0.15) is 5.82 Å². The zero-order valence-corrected chi connectivity index (χ0v) is 5.59. The number of aryl methyl sites for hydroxylation is 1. The summed E-state index contributed by atoms with van der Waals surface area (Å²) in [5.41, 5.74) is 0. The quantitative estimate of drug-likeness (QED) is 0.425. The van der Waals surface area contributed by atoms with Crippen molar-refractivity contribution in [1.29, 1.82) is 0 Å². The highest BCUT2D eigenvalue weighted by Gasteiger charge is 1.88. The SMILES string of the molecule is Cc1ncn(O)c(=S)n1. The van der Waals surface area contributed by atoms with Crippen LogP contribution in [0.25, 0.3) is 0 Å². The first-order valence-corrected chi connectivity index (χ1v) is 2.72. The summed E-state index contributed by atoms with van der Waals surface area (Å²) in [6.45, 7) is 1.70. The van der Waals surface area contributed by atoms with Gasteiger partial charge in [0.25, 0.3) is 0 Å². The van der Waals surface area contributed by atoms with Crippen LogP contribution in [-0.2, 0) is 0 Å². The van der Waals surface area contributed by atoms with E-state index in [2.05, 4.69) is 22.2 Å². The molecule has 0 unspecified atom stereocenters. The lowest BCUT2D eigenvalue weighted by molar-refractivity contribution is 0.171. The molecule has 0 saturated heterocycles. The fourth-order valence-corrected chi connectivity index (χ4v) is 0.585. The van der Waals surface area contributed by atoms with Crippen molar-refractivity contribution < 1.29 is 5.21 Å². The molecular formula is C4H5N3OS. The van der Waals surface area contributed by atoms with Gasteiger partial charge >= 0.3 is 0 Å². The monoisotopic (exact) mass is 143 g/mol. The largest absolute Gasteiger partial charge is 0.425 e. The van der Waals surface area contributed by atoms with E-state index in [-0.39, 0.29) is 4.77 Å². The van der Waals surface area contributed by atoms with Gasteiger partial charge in [0.15, 0.2) is 0 Å². The molecule has 0 aliphatic carbocycles. The van der Waals surface area contributed by atoms with Gasteiger partial charge in [-0.15, -0.1) is 4.73 Å². The Morgan fingerprint density at radius 2 is 2.44 bits per heavy atom. The van der Waals surface area contributed by atoms with E-state index in [0.29, 0.717) is 10.6 Å². The summed E-state index contributed by atoms with van der Waals surface area (Å²) >= 11 is 4.60. The lowest BCUT2D eigenvalue weighted by Gasteiger charge is -1.93. The average molecular weight is 143 g/mol. The van der Waals surface area contributed by atoms with Crippen molar-refractivity contribution in [3.05, 3.63) is 16.9 Å². The predicted octanol–water partition coefficient (Wildman–Crippen LogP) is 0.553. The first-order valence-electron chi connectivity index (χ1n) is 2.31. The molecule has 1 rings (SSSR count). The highest BCUT2D eigenvalue weighted by atomic mass is 32.1. The molecule has 0 spiro atoms. The maximum absolute atomic E-state index is 8.73. The van der Waals surface area contributed by atoms with Gasteiger partial charge < -0.3 is 5.21 Å². The number of rotatable bonds is 0. The Balaban J connectivity index is 3.34. The summed E-state index contributed by atoms with van der Waals surface area (Å²) in [5.74, 6) is 0.560. The molecule has 0 fully saturated rings. The van der Waals surface area contributed by atoms with Gasteiger partial charge in [0.1, 0.15) is 12.2 Å². The predicted molar refractivity (Wildman–Crippen MR) is 32.8 cm³/mol. The molecule has 0 aliphatic rings. The van der Waals surface area contributed by atoms with E-state index in [1.807, 2.05) is 0 Å². The third-order valence-electron chi connectivity index (χ3n) is 0.807. The molecule has 1 heterocycles. The molecule has 0 aliphatic heterocycles. The Morgan fingerprint density at radius 1 is 1.78 bits per heavy atom. The maximum atomic E-state index is 8.73. The van der Waals surface area contributed by atoms with Gasteiger partial charge in [0.05, 0.1) is 0 Å². The second-order valence-corrected chi connectivity index (χ2v) is 1.90. The fourth-order valence-electron chi connectivity index (χ4n) is 0.406. The van der Waals surface area contributed by atoms with Crippen LogP contribution in [0.2, 0.25) is 0 Å². The molecule has 1 N–H and O–H groups in total. The Morgan fingerprint density at radius 3 is 2.89 bits per heavy atom. The number of aromatic nitrogens is 3. The van der Waals surface area contributed by atoms with E-state index in [0.717, 1.165) is 0 Å². The Kier molecular flexibility index (Phi) is 1.44. The average Bonchev–Trinajstić information content (AvgIpc) is 1.80. The molecule has 4 nitrogen and oxygen atoms in total. The van der Waals surface area contributed by atoms with Gasteiger partial charge in [-0.25, -0.2) is 9.97 Å². The van der Waals surface area contributed by atoms with Gasteiger partial charge in [0.2, 0.25) is 4.77 Å². The Bertz CT molecular complexity index is 269. The summed E-state index contributed by atoms with van der Waals surface area (Å²) in [6, 6.07) is 0. The van der Waals surface area contributed by atoms with E-state index < -0.39 is 0 Å². The van der Waals surface area contributed by atoms with Crippen molar-refractivity contribution in [1.82, 2.24) is 14.7 Å². The highest BCUT2D eigenvalue weighted by molar-refractivity contribution is 7.71. The van der Waals surface area contributed by atoms with E-state index in [1.165, 1.54) is 6.33 Å². The van der Waals surface area contributed by atoms with Gasteiger partial charge in [-0.3, -0.25) is 0 Å². The first-order chi connectivity index (χ1) is 4.20.